The Hall–Kier alpha value is -2.36. The number of hydrogen-bond acceptors (Lipinski definition) is 5. The van der Waals surface area contributed by atoms with Crippen molar-refractivity contribution in [3.63, 3.8) is 0 Å². The van der Waals surface area contributed by atoms with Crippen molar-refractivity contribution in [1.29, 1.82) is 0 Å². The van der Waals surface area contributed by atoms with Crippen LogP contribution < -0.4 is 18.9 Å². The summed E-state index contributed by atoms with van der Waals surface area (Å²) in [6.07, 6.45) is 6.84. The van der Waals surface area contributed by atoms with Gasteiger partial charge in [-0.1, -0.05) is 21.9 Å². The standard InChI is InChI=1S/C20H16BrNO4/c1-2-16-14-7-19-17(23-10-25-19)5-12(14)3-4-22(16)9-13-6-18-20(8-15(13)21)26-11-24-18/h1,5-8,16H,3-4,9-11H2/t16-/m1/s1. The molecule has 2 aromatic carbocycles. The van der Waals surface area contributed by atoms with Crippen molar-refractivity contribution in [2.24, 2.45) is 0 Å². The van der Waals surface area contributed by atoms with E-state index in [2.05, 4.69) is 32.8 Å². The number of fused-ring (bicyclic) bond motifs is 3. The van der Waals surface area contributed by atoms with E-state index in [0.29, 0.717) is 0 Å². The zero-order valence-corrected chi connectivity index (χ0v) is 15.5. The van der Waals surface area contributed by atoms with Crippen LogP contribution in [0.1, 0.15) is 22.7 Å². The average Bonchev–Trinajstić information content (AvgIpc) is 3.28. The van der Waals surface area contributed by atoms with E-state index in [0.717, 1.165) is 58.1 Å². The number of nitrogens with zero attached hydrogens (tertiary/aromatic N) is 1. The molecule has 0 aromatic heterocycles. The first-order valence-electron chi connectivity index (χ1n) is 8.43. The van der Waals surface area contributed by atoms with Crippen LogP contribution in [-0.2, 0) is 13.0 Å². The van der Waals surface area contributed by atoms with E-state index in [1.165, 1.54) is 5.56 Å². The fraction of sp³-hybridized carbons (Fsp3) is 0.300. The smallest absolute Gasteiger partial charge is 0.231 e. The maximum absolute atomic E-state index is 5.92. The van der Waals surface area contributed by atoms with Crippen LogP contribution in [0.5, 0.6) is 23.0 Å². The second kappa shape index (κ2) is 6.11. The lowest BCUT2D eigenvalue weighted by Crippen LogP contribution is -2.34. The molecule has 5 rings (SSSR count). The van der Waals surface area contributed by atoms with Gasteiger partial charge in [-0.05, 0) is 47.4 Å². The molecule has 0 aliphatic carbocycles. The minimum Gasteiger partial charge on any atom is -0.454 e. The molecule has 26 heavy (non-hydrogen) atoms. The molecule has 0 bridgehead atoms. The third kappa shape index (κ3) is 2.51. The Labute approximate surface area is 159 Å². The van der Waals surface area contributed by atoms with Crippen molar-refractivity contribution in [2.75, 3.05) is 20.1 Å². The predicted octanol–water partition coefficient (Wildman–Crippen LogP) is 3.64. The fourth-order valence-corrected chi connectivity index (χ4v) is 4.17. The minimum atomic E-state index is -0.106. The summed E-state index contributed by atoms with van der Waals surface area (Å²) in [6.45, 7) is 2.14. The monoisotopic (exact) mass is 413 g/mol. The summed E-state index contributed by atoms with van der Waals surface area (Å²) < 4.78 is 23.0. The largest absolute Gasteiger partial charge is 0.454 e. The Kier molecular flexibility index (Phi) is 3.73. The Morgan fingerprint density at radius 3 is 2.38 bits per heavy atom. The molecule has 0 radical (unpaired) electrons. The molecule has 0 unspecified atom stereocenters. The van der Waals surface area contributed by atoms with Crippen LogP contribution in [0.4, 0.5) is 0 Å². The Bertz CT molecular complexity index is 936. The van der Waals surface area contributed by atoms with Crippen LogP contribution in [0.15, 0.2) is 28.7 Å². The van der Waals surface area contributed by atoms with Crippen LogP contribution in [0.2, 0.25) is 0 Å². The lowest BCUT2D eigenvalue weighted by atomic mass is 9.92. The molecular weight excluding hydrogens is 398 g/mol. The molecule has 0 N–H and O–H groups in total. The van der Waals surface area contributed by atoms with E-state index in [1.807, 2.05) is 18.2 Å². The van der Waals surface area contributed by atoms with Gasteiger partial charge in [-0.2, -0.15) is 0 Å². The third-order valence-corrected chi connectivity index (χ3v) is 5.77. The predicted molar refractivity (Wildman–Crippen MR) is 98.5 cm³/mol. The second-order valence-corrected chi connectivity index (χ2v) is 7.35. The zero-order valence-electron chi connectivity index (χ0n) is 14.0. The topological polar surface area (TPSA) is 40.2 Å². The summed E-state index contributed by atoms with van der Waals surface area (Å²) in [5, 5.41) is 0. The molecule has 0 saturated heterocycles. The Morgan fingerprint density at radius 2 is 1.65 bits per heavy atom. The molecule has 0 saturated carbocycles. The van der Waals surface area contributed by atoms with Crippen LogP contribution in [-0.4, -0.2) is 25.0 Å². The summed E-state index contributed by atoms with van der Waals surface area (Å²) in [5.41, 5.74) is 3.48. The van der Waals surface area contributed by atoms with Crippen LogP contribution >= 0.6 is 15.9 Å². The molecule has 3 aliphatic heterocycles. The molecule has 0 fully saturated rings. The number of terminal acetylenes is 1. The van der Waals surface area contributed by atoms with Crippen LogP contribution in [0, 0.1) is 12.3 Å². The van der Waals surface area contributed by atoms with Gasteiger partial charge in [-0.3, -0.25) is 4.90 Å². The fourth-order valence-electron chi connectivity index (χ4n) is 3.73. The van der Waals surface area contributed by atoms with E-state index in [4.69, 9.17) is 25.4 Å². The summed E-state index contributed by atoms with van der Waals surface area (Å²) in [4.78, 5) is 2.30. The molecule has 6 heteroatoms. The molecule has 2 aromatic rings. The lowest BCUT2D eigenvalue weighted by Gasteiger charge is -2.34. The van der Waals surface area contributed by atoms with E-state index >= 15 is 0 Å². The Balaban J connectivity index is 1.47. The van der Waals surface area contributed by atoms with Gasteiger partial charge in [0, 0.05) is 17.6 Å². The van der Waals surface area contributed by atoms with Crippen molar-refractivity contribution in [3.8, 4) is 35.3 Å². The van der Waals surface area contributed by atoms with E-state index in [9.17, 15) is 0 Å². The normalized spacial score (nSPS) is 19.9. The van der Waals surface area contributed by atoms with Gasteiger partial charge < -0.3 is 18.9 Å². The maximum Gasteiger partial charge on any atom is 0.231 e. The summed E-state index contributed by atoms with van der Waals surface area (Å²) >= 11 is 3.64. The molecular formula is C20H16BrNO4. The van der Waals surface area contributed by atoms with Gasteiger partial charge in [0.2, 0.25) is 13.6 Å². The lowest BCUT2D eigenvalue weighted by molar-refractivity contribution is 0.173. The van der Waals surface area contributed by atoms with E-state index < -0.39 is 0 Å². The third-order valence-electron chi connectivity index (χ3n) is 5.04. The number of halogens is 1. The molecule has 3 aliphatic rings. The van der Waals surface area contributed by atoms with E-state index in [-0.39, 0.29) is 19.6 Å². The number of ether oxygens (including phenoxy) is 4. The summed E-state index contributed by atoms with van der Waals surface area (Å²) in [5.74, 6) is 6.08. The highest BCUT2D eigenvalue weighted by molar-refractivity contribution is 9.10. The highest BCUT2D eigenvalue weighted by Crippen LogP contribution is 2.42. The van der Waals surface area contributed by atoms with Gasteiger partial charge in [-0.25, -0.2) is 0 Å². The van der Waals surface area contributed by atoms with Crippen molar-refractivity contribution < 1.29 is 18.9 Å². The first-order valence-corrected chi connectivity index (χ1v) is 9.23. The average molecular weight is 414 g/mol. The van der Waals surface area contributed by atoms with Crippen molar-refractivity contribution in [2.45, 2.75) is 19.0 Å². The number of benzene rings is 2. The van der Waals surface area contributed by atoms with E-state index in [1.54, 1.807) is 0 Å². The van der Waals surface area contributed by atoms with Crippen molar-refractivity contribution in [1.82, 2.24) is 4.90 Å². The summed E-state index contributed by atoms with van der Waals surface area (Å²) in [6, 6.07) is 7.97. The molecule has 132 valence electrons. The summed E-state index contributed by atoms with van der Waals surface area (Å²) in [7, 11) is 0. The molecule has 5 nitrogen and oxygen atoms in total. The highest BCUT2D eigenvalue weighted by Gasteiger charge is 2.30. The first-order chi connectivity index (χ1) is 12.7. The molecule has 0 amide bonds. The number of rotatable bonds is 2. The van der Waals surface area contributed by atoms with Crippen LogP contribution in [0.3, 0.4) is 0 Å². The quantitative estimate of drug-likeness (QED) is 0.702. The van der Waals surface area contributed by atoms with Gasteiger partial charge in [-0.15, -0.1) is 6.42 Å². The Morgan fingerprint density at radius 1 is 1.00 bits per heavy atom. The second-order valence-electron chi connectivity index (χ2n) is 6.49. The van der Waals surface area contributed by atoms with Gasteiger partial charge in [0.1, 0.15) is 0 Å². The van der Waals surface area contributed by atoms with Crippen molar-refractivity contribution in [3.05, 3.63) is 45.4 Å². The van der Waals surface area contributed by atoms with Crippen LogP contribution in [0.25, 0.3) is 0 Å². The SMILES string of the molecule is C#C[C@@H]1c2cc3c(cc2CCN1Cc1cc2c(cc1Br)OCO2)OCO3. The molecule has 0 spiro atoms. The zero-order chi connectivity index (χ0) is 17.7. The van der Waals surface area contributed by atoms with Gasteiger partial charge in [0.15, 0.2) is 23.0 Å². The molecule has 3 heterocycles. The molecule has 1 atom stereocenters. The van der Waals surface area contributed by atoms with Crippen molar-refractivity contribution >= 4 is 15.9 Å². The highest BCUT2D eigenvalue weighted by atomic mass is 79.9. The maximum atomic E-state index is 5.92. The van der Waals surface area contributed by atoms with Gasteiger partial charge in [0.25, 0.3) is 0 Å². The van der Waals surface area contributed by atoms with Gasteiger partial charge in [0.05, 0.1) is 6.04 Å². The first kappa shape index (κ1) is 15.9. The van der Waals surface area contributed by atoms with Gasteiger partial charge >= 0.3 is 0 Å². The number of hydrogen-bond donors (Lipinski definition) is 0. The minimum absolute atomic E-state index is 0.106.